The van der Waals surface area contributed by atoms with Crippen LogP contribution in [-0.4, -0.2) is 21.7 Å². The van der Waals surface area contributed by atoms with E-state index in [1.54, 1.807) is 18.2 Å². The maximum atomic E-state index is 13.7. The molecule has 0 bridgehead atoms. The molecule has 26 heavy (non-hydrogen) atoms. The number of anilines is 2. The number of halogens is 1. The Morgan fingerprint density at radius 2 is 1.85 bits per heavy atom. The largest absolute Gasteiger partial charge is 0.328 e. The van der Waals surface area contributed by atoms with Gasteiger partial charge in [-0.3, -0.25) is 4.79 Å². The first-order chi connectivity index (χ1) is 12.4. The van der Waals surface area contributed by atoms with Crippen LogP contribution in [0, 0.1) is 26.6 Å². The molecule has 3 aromatic rings. The molecule has 0 amide bonds. The highest BCUT2D eigenvalue weighted by atomic mass is 32.2. The normalized spacial score (nSPS) is 10.8. The van der Waals surface area contributed by atoms with E-state index in [0.717, 1.165) is 16.7 Å². The molecular weight excluding hydrogens is 369 g/mol. The van der Waals surface area contributed by atoms with Crippen molar-refractivity contribution in [2.75, 3.05) is 11.1 Å². The van der Waals surface area contributed by atoms with Crippen LogP contribution in [0.4, 0.5) is 15.2 Å². The Morgan fingerprint density at radius 1 is 1.12 bits per heavy atom. The number of Topliss-reactive ketones (excluding diaryl/α,β-unsaturated/α-hetero) is 1. The molecule has 3 rings (SSSR count). The van der Waals surface area contributed by atoms with Gasteiger partial charge in [0.1, 0.15) is 5.82 Å². The van der Waals surface area contributed by atoms with Crippen LogP contribution in [0.2, 0.25) is 0 Å². The summed E-state index contributed by atoms with van der Waals surface area (Å²) in [6.07, 6.45) is 0. The second kappa shape index (κ2) is 7.97. The van der Waals surface area contributed by atoms with Gasteiger partial charge in [0.15, 0.2) is 10.1 Å². The van der Waals surface area contributed by atoms with Gasteiger partial charge in [0.2, 0.25) is 5.13 Å². The van der Waals surface area contributed by atoms with Crippen molar-refractivity contribution >= 4 is 39.7 Å². The van der Waals surface area contributed by atoms with E-state index in [4.69, 9.17) is 0 Å². The van der Waals surface area contributed by atoms with Gasteiger partial charge in [0.25, 0.3) is 0 Å². The molecule has 0 radical (unpaired) electrons. The van der Waals surface area contributed by atoms with E-state index >= 15 is 0 Å². The minimum absolute atomic E-state index is 0.0643. The van der Waals surface area contributed by atoms with Crippen LogP contribution in [0.5, 0.6) is 0 Å². The molecule has 0 aliphatic heterocycles. The van der Waals surface area contributed by atoms with Crippen molar-refractivity contribution in [3.63, 3.8) is 0 Å². The SMILES string of the molecule is Cc1cc(C)c(C(=O)CSc2nnc(Nc3ccccc3F)s2)cc1C. The number of thioether (sulfide) groups is 1. The van der Waals surface area contributed by atoms with E-state index in [1.807, 2.05) is 32.9 Å². The van der Waals surface area contributed by atoms with Gasteiger partial charge in [0.05, 0.1) is 11.4 Å². The average molecular weight is 388 g/mol. The number of carbonyl (C=O) groups is 1. The van der Waals surface area contributed by atoms with Gasteiger partial charge in [-0.25, -0.2) is 4.39 Å². The first-order valence-corrected chi connectivity index (χ1v) is 9.83. The lowest BCUT2D eigenvalue weighted by atomic mass is 9.99. The molecule has 0 aliphatic rings. The number of para-hydroxylation sites is 1. The minimum atomic E-state index is -0.350. The summed E-state index contributed by atoms with van der Waals surface area (Å²) in [5.41, 5.74) is 4.37. The smallest absolute Gasteiger partial charge is 0.210 e. The summed E-state index contributed by atoms with van der Waals surface area (Å²) in [6, 6.07) is 10.4. The summed E-state index contributed by atoms with van der Waals surface area (Å²) >= 11 is 2.63. The molecule has 1 heterocycles. The highest BCUT2D eigenvalue weighted by Crippen LogP contribution is 2.29. The van der Waals surface area contributed by atoms with E-state index < -0.39 is 0 Å². The third-order valence-electron chi connectivity index (χ3n) is 3.99. The first-order valence-electron chi connectivity index (χ1n) is 8.03. The number of nitrogens with one attached hydrogen (secondary N) is 1. The van der Waals surface area contributed by atoms with Crippen LogP contribution in [-0.2, 0) is 0 Å². The number of benzene rings is 2. The number of rotatable bonds is 6. The lowest BCUT2D eigenvalue weighted by Gasteiger charge is -2.08. The number of nitrogens with zero attached hydrogens (tertiary/aromatic N) is 2. The molecule has 4 nitrogen and oxygen atoms in total. The second-order valence-electron chi connectivity index (χ2n) is 5.94. The van der Waals surface area contributed by atoms with Crippen LogP contribution >= 0.6 is 23.1 Å². The van der Waals surface area contributed by atoms with Gasteiger partial charge in [-0.05, 0) is 55.7 Å². The van der Waals surface area contributed by atoms with Crippen LogP contribution in [0.3, 0.4) is 0 Å². The van der Waals surface area contributed by atoms with Gasteiger partial charge in [-0.1, -0.05) is 41.3 Å². The van der Waals surface area contributed by atoms with Crippen LogP contribution in [0.1, 0.15) is 27.0 Å². The Bertz CT molecular complexity index is 956. The van der Waals surface area contributed by atoms with E-state index in [0.29, 0.717) is 15.2 Å². The summed E-state index contributed by atoms with van der Waals surface area (Å²) in [5, 5.41) is 11.5. The summed E-state index contributed by atoms with van der Waals surface area (Å²) in [5.74, 6) is 0.00390. The van der Waals surface area contributed by atoms with Gasteiger partial charge in [-0.2, -0.15) is 0 Å². The van der Waals surface area contributed by atoms with Gasteiger partial charge in [-0.15, -0.1) is 10.2 Å². The van der Waals surface area contributed by atoms with Crippen molar-refractivity contribution in [1.82, 2.24) is 10.2 Å². The number of hydrogen-bond donors (Lipinski definition) is 1. The molecule has 0 unspecified atom stereocenters. The fraction of sp³-hybridized carbons (Fsp3) is 0.211. The molecule has 0 aliphatic carbocycles. The maximum Gasteiger partial charge on any atom is 0.210 e. The minimum Gasteiger partial charge on any atom is -0.328 e. The van der Waals surface area contributed by atoms with Crippen molar-refractivity contribution in [3.8, 4) is 0 Å². The molecule has 0 atom stereocenters. The van der Waals surface area contributed by atoms with Crippen molar-refractivity contribution in [1.29, 1.82) is 0 Å². The van der Waals surface area contributed by atoms with Crippen molar-refractivity contribution in [2.45, 2.75) is 25.1 Å². The number of aryl methyl sites for hydroxylation is 3. The topological polar surface area (TPSA) is 54.9 Å². The molecule has 2 aromatic carbocycles. The molecule has 134 valence electrons. The number of aromatic nitrogens is 2. The predicted molar refractivity (Wildman–Crippen MR) is 105 cm³/mol. The van der Waals surface area contributed by atoms with Crippen LogP contribution < -0.4 is 5.32 Å². The molecule has 0 fully saturated rings. The molecular formula is C19H18FN3OS2. The maximum absolute atomic E-state index is 13.7. The molecule has 1 N–H and O–H groups in total. The lowest BCUT2D eigenvalue weighted by Crippen LogP contribution is -2.06. The highest BCUT2D eigenvalue weighted by molar-refractivity contribution is 8.01. The second-order valence-corrected chi connectivity index (χ2v) is 8.14. The fourth-order valence-corrected chi connectivity index (χ4v) is 4.11. The van der Waals surface area contributed by atoms with Gasteiger partial charge in [0, 0.05) is 5.56 Å². The zero-order valence-corrected chi connectivity index (χ0v) is 16.3. The van der Waals surface area contributed by atoms with Gasteiger partial charge >= 0.3 is 0 Å². The van der Waals surface area contributed by atoms with E-state index in [2.05, 4.69) is 15.5 Å². The monoisotopic (exact) mass is 387 g/mol. The van der Waals surface area contributed by atoms with E-state index in [9.17, 15) is 9.18 Å². The number of hydrogen-bond acceptors (Lipinski definition) is 6. The Balaban J connectivity index is 1.64. The van der Waals surface area contributed by atoms with Crippen LogP contribution in [0.15, 0.2) is 40.7 Å². The third-order valence-corrected chi connectivity index (χ3v) is 5.96. The third kappa shape index (κ3) is 4.28. The van der Waals surface area contributed by atoms with Crippen molar-refractivity contribution in [2.24, 2.45) is 0 Å². The Kier molecular flexibility index (Phi) is 5.68. The van der Waals surface area contributed by atoms with E-state index in [-0.39, 0.29) is 17.4 Å². The Hall–Kier alpha value is -2.25. The lowest BCUT2D eigenvalue weighted by molar-refractivity contribution is 0.102. The van der Waals surface area contributed by atoms with Crippen molar-refractivity contribution in [3.05, 3.63) is 64.5 Å². The van der Waals surface area contributed by atoms with Gasteiger partial charge < -0.3 is 5.32 Å². The summed E-state index contributed by atoms with van der Waals surface area (Å²) in [7, 11) is 0. The summed E-state index contributed by atoms with van der Waals surface area (Å²) in [4.78, 5) is 12.5. The quantitative estimate of drug-likeness (QED) is 0.458. The standard InChI is InChI=1S/C19H18FN3OS2/c1-11-8-13(3)14(9-12(11)2)17(24)10-25-19-23-22-18(26-19)21-16-7-5-4-6-15(16)20/h4-9H,10H2,1-3H3,(H,21,22). The first kappa shape index (κ1) is 18.5. The Labute approximate surface area is 159 Å². The fourth-order valence-electron chi connectivity index (χ4n) is 2.46. The van der Waals surface area contributed by atoms with Crippen LogP contribution in [0.25, 0.3) is 0 Å². The predicted octanol–water partition coefficient (Wildman–Crippen LogP) is 5.32. The van der Waals surface area contributed by atoms with E-state index in [1.165, 1.54) is 34.7 Å². The summed E-state index contributed by atoms with van der Waals surface area (Å²) in [6.45, 7) is 5.99. The molecule has 0 saturated heterocycles. The average Bonchev–Trinajstić information content (AvgIpc) is 3.05. The molecule has 0 spiro atoms. The zero-order chi connectivity index (χ0) is 18.7. The highest BCUT2D eigenvalue weighted by Gasteiger charge is 2.14. The number of ketones is 1. The molecule has 1 aromatic heterocycles. The van der Waals surface area contributed by atoms with Crippen molar-refractivity contribution < 1.29 is 9.18 Å². The molecule has 0 saturated carbocycles. The number of carbonyl (C=O) groups excluding carboxylic acids is 1. The zero-order valence-electron chi connectivity index (χ0n) is 14.7. The summed E-state index contributed by atoms with van der Waals surface area (Å²) < 4.78 is 14.3. The molecule has 7 heteroatoms. The Morgan fingerprint density at radius 3 is 2.62 bits per heavy atom.